The number of anilines is 1. The van der Waals surface area contributed by atoms with Crippen molar-refractivity contribution in [1.82, 2.24) is 14.9 Å². The minimum absolute atomic E-state index is 0.214. The number of nitrogens with one attached hydrogen (secondary N) is 1. The fourth-order valence-corrected chi connectivity index (χ4v) is 3.24. The van der Waals surface area contributed by atoms with Crippen molar-refractivity contribution in [1.29, 1.82) is 0 Å². The second kappa shape index (κ2) is 7.61. The number of aromatic nitrogens is 2. The van der Waals surface area contributed by atoms with Crippen LogP contribution in [0, 0.1) is 5.41 Å². The predicted molar refractivity (Wildman–Crippen MR) is 97.6 cm³/mol. The number of carbonyl (C=O) groups is 1. The Balaban J connectivity index is 1.55. The summed E-state index contributed by atoms with van der Waals surface area (Å²) in [5, 5.41) is 3.22. The van der Waals surface area contributed by atoms with Gasteiger partial charge in [0.1, 0.15) is 0 Å². The van der Waals surface area contributed by atoms with E-state index in [0.717, 1.165) is 31.5 Å². The largest absolute Gasteiger partial charge is 0.369 e. The average Bonchev–Trinajstić information content (AvgIpc) is 2.62. The number of rotatable bonds is 6. The maximum Gasteiger partial charge on any atom is 0.224 e. The van der Waals surface area contributed by atoms with Crippen LogP contribution in [0.25, 0.3) is 0 Å². The van der Waals surface area contributed by atoms with Gasteiger partial charge in [0.2, 0.25) is 11.9 Å². The fraction of sp³-hybridized carbons (Fsp3) is 0.421. The van der Waals surface area contributed by atoms with Gasteiger partial charge in [0, 0.05) is 37.6 Å². The Morgan fingerprint density at radius 2 is 1.96 bits per heavy atom. The summed E-state index contributed by atoms with van der Waals surface area (Å²) in [6.07, 6.45) is 5.53. The van der Waals surface area contributed by atoms with Crippen molar-refractivity contribution in [2.75, 3.05) is 18.4 Å². The highest BCUT2D eigenvalue weighted by atomic mass is 16.1. The molecule has 1 aliphatic heterocycles. The Bertz CT molecular complexity index is 704. The average molecular weight is 339 g/mol. The van der Waals surface area contributed by atoms with E-state index >= 15 is 0 Å². The van der Waals surface area contributed by atoms with Gasteiger partial charge in [-0.1, -0.05) is 30.3 Å². The minimum Gasteiger partial charge on any atom is -0.369 e. The number of nitrogens with two attached hydrogens (primary N) is 1. The SMILES string of the molecule is C[C@]1(C(N)=O)CCCN(Cc2cnc(NCc3ccccc3)nc2)C1. The molecule has 0 aliphatic carbocycles. The van der Waals surface area contributed by atoms with E-state index in [0.29, 0.717) is 19.0 Å². The minimum atomic E-state index is -0.434. The highest BCUT2D eigenvalue weighted by molar-refractivity contribution is 5.80. The summed E-state index contributed by atoms with van der Waals surface area (Å²) in [5.41, 5.74) is 7.36. The summed E-state index contributed by atoms with van der Waals surface area (Å²) < 4.78 is 0. The fourth-order valence-electron chi connectivity index (χ4n) is 3.24. The molecule has 0 spiro atoms. The monoisotopic (exact) mass is 339 g/mol. The van der Waals surface area contributed by atoms with E-state index in [2.05, 4.69) is 32.3 Å². The lowest BCUT2D eigenvalue weighted by Gasteiger charge is -2.38. The molecule has 132 valence electrons. The van der Waals surface area contributed by atoms with Crippen molar-refractivity contribution < 1.29 is 4.79 Å². The second-order valence-corrected chi connectivity index (χ2v) is 6.99. The van der Waals surface area contributed by atoms with Crippen LogP contribution in [0.15, 0.2) is 42.7 Å². The molecule has 1 aromatic carbocycles. The van der Waals surface area contributed by atoms with Gasteiger partial charge in [-0.2, -0.15) is 0 Å². The Hall–Kier alpha value is -2.47. The number of hydrogen-bond donors (Lipinski definition) is 2. The van der Waals surface area contributed by atoms with Crippen LogP contribution in [-0.2, 0) is 17.9 Å². The van der Waals surface area contributed by atoms with E-state index < -0.39 is 5.41 Å². The van der Waals surface area contributed by atoms with Crippen molar-refractivity contribution in [3.8, 4) is 0 Å². The molecule has 6 nitrogen and oxygen atoms in total. The van der Waals surface area contributed by atoms with E-state index in [9.17, 15) is 4.79 Å². The van der Waals surface area contributed by atoms with Crippen molar-refractivity contribution in [3.05, 3.63) is 53.9 Å². The van der Waals surface area contributed by atoms with E-state index in [1.54, 1.807) is 0 Å². The van der Waals surface area contributed by atoms with Gasteiger partial charge in [-0.25, -0.2) is 9.97 Å². The van der Waals surface area contributed by atoms with Crippen molar-refractivity contribution in [3.63, 3.8) is 0 Å². The van der Waals surface area contributed by atoms with Crippen LogP contribution in [0.3, 0.4) is 0 Å². The third-order valence-corrected chi connectivity index (χ3v) is 4.78. The normalized spacial score (nSPS) is 21.0. The van der Waals surface area contributed by atoms with Gasteiger partial charge in [0.25, 0.3) is 0 Å². The van der Waals surface area contributed by atoms with Crippen LogP contribution in [0.1, 0.15) is 30.9 Å². The first-order valence-electron chi connectivity index (χ1n) is 8.66. The molecular weight excluding hydrogens is 314 g/mol. The molecule has 1 saturated heterocycles. The molecule has 1 atom stereocenters. The third-order valence-electron chi connectivity index (χ3n) is 4.78. The Kier molecular flexibility index (Phi) is 5.28. The molecule has 3 rings (SSSR count). The summed E-state index contributed by atoms with van der Waals surface area (Å²) in [6.45, 7) is 5.05. The standard InChI is InChI=1S/C19H25N5O/c1-19(17(20)25)8-5-9-24(14-19)13-16-11-22-18(23-12-16)21-10-15-6-3-2-4-7-15/h2-4,6-7,11-12H,5,8-10,13-14H2,1H3,(H2,20,25)(H,21,22,23)/t19-/m0/s1. The summed E-state index contributed by atoms with van der Waals surface area (Å²) in [5.74, 6) is 0.405. The molecule has 0 bridgehead atoms. The van der Waals surface area contributed by atoms with Gasteiger partial charge in [0.15, 0.2) is 0 Å². The Morgan fingerprint density at radius 1 is 1.24 bits per heavy atom. The first-order valence-corrected chi connectivity index (χ1v) is 8.66. The van der Waals surface area contributed by atoms with Crippen molar-refractivity contribution >= 4 is 11.9 Å². The quantitative estimate of drug-likeness (QED) is 0.843. The highest BCUT2D eigenvalue weighted by Crippen LogP contribution is 2.29. The number of piperidine rings is 1. The zero-order valence-corrected chi connectivity index (χ0v) is 14.6. The lowest BCUT2D eigenvalue weighted by Crippen LogP contribution is -2.48. The maximum atomic E-state index is 11.7. The number of hydrogen-bond acceptors (Lipinski definition) is 5. The molecule has 6 heteroatoms. The first-order chi connectivity index (χ1) is 12.0. The van der Waals surface area contributed by atoms with Crippen LogP contribution < -0.4 is 11.1 Å². The van der Waals surface area contributed by atoms with E-state index in [-0.39, 0.29) is 5.91 Å². The first kappa shape index (κ1) is 17.4. The molecule has 1 aromatic heterocycles. The highest BCUT2D eigenvalue weighted by Gasteiger charge is 2.36. The van der Waals surface area contributed by atoms with Crippen LogP contribution in [0.4, 0.5) is 5.95 Å². The molecule has 0 unspecified atom stereocenters. The number of amides is 1. The molecule has 0 saturated carbocycles. The van der Waals surface area contributed by atoms with Crippen LogP contribution in [0.2, 0.25) is 0 Å². The van der Waals surface area contributed by atoms with Gasteiger partial charge < -0.3 is 11.1 Å². The van der Waals surface area contributed by atoms with Crippen molar-refractivity contribution in [2.45, 2.75) is 32.9 Å². The maximum absolute atomic E-state index is 11.7. The zero-order valence-electron chi connectivity index (χ0n) is 14.6. The molecule has 2 aromatic rings. The summed E-state index contributed by atoms with van der Waals surface area (Å²) >= 11 is 0. The summed E-state index contributed by atoms with van der Waals surface area (Å²) in [7, 11) is 0. The number of primary amides is 1. The number of carbonyl (C=O) groups excluding carboxylic acids is 1. The number of likely N-dealkylation sites (tertiary alicyclic amines) is 1. The molecule has 1 aliphatic rings. The van der Waals surface area contributed by atoms with E-state index in [4.69, 9.17) is 5.73 Å². The molecule has 1 amide bonds. The summed E-state index contributed by atoms with van der Waals surface area (Å²) in [6, 6.07) is 10.2. The Morgan fingerprint density at radius 3 is 2.64 bits per heavy atom. The Labute approximate surface area is 148 Å². The van der Waals surface area contributed by atoms with Crippen LogP contribution in [0.5, 0.6) is 0 Å². The molecule has 1 fully saturated rings. The number of benzene rings is 1. The van der Waals surface area contributed by atoms with Crippen LogP contribution >= 0.6 is 0 Å². The van der Waals surface area contributed by atoms with Gasteiger partial charge >= 0.3 is 0 Å². The van der Waals surface area contributed by atoms with E-state index in [1.165, 1.54) is 5.56 Å². The van der Waals surface area contributed by atoms with E-state index in [1.807, 2.05) is 37.5 Å². The van der Waals surface area contributed by atoms with Gasteiger partial charge in [-0.15, -0.1) is 0 Å². The lowest BCUT2D eigenvalue weighted by molar-refractivity contribution is -0.129. The lowest BCUT2D eigenvalue weighted by atomic mass is 9.81. The van der Waals surface area contributed by atoms with Gasteiger partial charge in [-0.3, -0.25) is 9.69 Å². The van der Waals surface area contributed by atoms with Gasteiger partial charge in [-0.05, 0) is 31.9 Å². The second-order valence-electron chi connectivity index (χ2n) is 6.99. The smallest absolute Gasteiger partial charge is 0.224 e. The molecule has 25 heavy (non-hydrogen) atoms. The molecule has 0 radical (unpaired) electrons. The molecular formula is C19H25N5O. The number of nitrogens with zero attached hydrogens (tertiary/aromatic N) is 3. The molecule has 3 N–H and O–H groups in total. The topological polar surface area (TPSA) is 84.1 Å². The van der Waals surface area contributed by atoms with Crippen molar-refractivity contribution in [2.24, 2.45) is 11.1 Å². The van der Waals surface area contributed by atoms with Crippen LogP contribution in [-0.4, -0.2) is 33.9 Å². The predicted octanol–water partition coefficient (Wildman–Crippen LogP) is 2.18. The summed E-state index contributed by atoms with van der Waals surface area (Å²) in [4.78, 5) is 22.7. The molecule has 2 heterocycles. The van der Waals surface area contributed by atoms with Gasteiger partial charge in [0.05, 0.1) is 5.41 Å². The zero-order chi connectivity index (χ0) is 17.7. The third kappa shape index (κ3) is 4.54.